The fourth-order valence-electron chi connectivity index (χ4n) is 4.73. The number of amides is 2. The first-order valence-electron chi connectivity index (χ1n) is 12.1. The van der Waals surface area contributed by atoms with Crippen molar-refractivity contribution in [2.24, 2.45) is 0 Å². The molecule has 1 aliphatic rings. The molecule has 4 aromatic carbocycles. The Hall–Kier alpha value is -4.29. The van der Waals surface area contributed by atoms with Gasteiger partial charge in [0.2, 0.25) is 0 Å². The van der Waals surface area contributed by atoms with Gasteiger partial charge in [-0.3, -0.25) is 14.5 Å². The van der Waals surface area contributed by atoms with Crippen LogP contribution in [0.15, 0.2) is 108 Å². The molecule has 0 saturated carbocycles. The minimum atomic E-state index is -0.257. The Labute approximate surface area is 219 Å². The number of rotatable bonds is 7. The topological polar surface area (TPSA) is 51.5 Å². The van der Waals surface area contributed by atoms with Crippen molar-refractivity contribution in [1.82, 2.24) is 9.47 Å². The molecule has 0 spiro atoms. The number of imide groups is 1. The van der Waals surface area contributed by atoms with E-state index in [1.807, 2.05) is 103 Å². The number of ether oxygens (including phenoxy) is 1. The molecule has 1 aromatic heterocycles. The Morgan fingerprint density at radius 3 is 2.38 bits per heavy atom. The molecular formula is C31H24N2O3S. The van der Waals surface area contributed by atoms with Gasteiger partial charge in [-0.05, 0) is 52.4 Å². The molecule has 5 nitrogen and oxygen atoms in total. The van der Waals surface area contributed by atoms with Gasteiger partial charge in [-0.15, -0.1) is 0 Å². The first-order chi connectivity index (χ1) is 18.2. The summed E-state index contributed by atoms with van der Waals surface area (Å²) in [7, 11) is 0. The van der Waals surface area contributed by atoms with E-state index in [1.54, 1.807) is 0 Å². The molecule has 2 amide bonds. The monoisotopic (exact) mass is 504 g/mol. The lowest BCUT2D eigenvalue weighted by atomic mass is 10.0. The summed E-state index contributed by atoms with van der Waals surface area (Å²) in [6.45, 7) is 1.43. The average molecular weight is 505 g/mol. The lowest BCUT2D eigenvalue weighted by molar-refractivity contribution is -0.123. The maximum atomic E-state index is 13.3. The number of fused-ring (bicyclic) bond motifs is 2. The van der Waals surface area contributed by atoms with Crippen molar-refractivity contribution in [1.29, 1.82) is 0 Å². The molecule has 1 saturated heterocycles. The molecule has 0 unspecified atom stereocenters. The molecule has 182 valence electrons. The molecule has 37 heavy (non-hydrogen) atoms. The third kappa shape index (κ3) is 4.63. The molecule has 6 heteroatoms. The van der Waals surface area contributed by atoms with Crippen molar-refractivity contribution in [3.8, 4) is 5.75 Å². The maximum absolute atomic E-state index is 13.3. The molecule has 0 atom stereocenters. The fourth-order valence-corrected chi connectivity index (χ4v) is 5.56. The van der Waals surface area contributed by atoms with Crippen LogP contribution in [0.2, 0.25) is 0 Å². The number of nitrogens with zero attached hydrogens (tertiary/aromatic N) is 2. The summed E-state index contributed by atoms with van der Waals surface area (Å²) in [5.41, 5.74) is 2.92. The van der Waals surface area contributed by atoms with Crippen molar-refractivity contribution < 1.29 is 14.3 Å². The van der Waals surface area contributed by atoms with Gasteiger partial charge in [-0.2, -0.15) is 0 Å². The van der Waals surface area contributed by atoms with Crippen molar-refractivity contribution in [3.63, 3.8) is 0 Å². The van der Waals surface area contributed by atoms with Gasteiger partial charge in [0.1, 0.15) is 12.4 Å². The second-order valence-corrected chi connectivity index (χ2v) is 9.86. The standard InChI is InChI=1S/C31H24N2O3S/c34-30-29(37-31(35)33(30)21-23-11-8-10-22-9-4-5-14-26(22)23)19-24-20-32(28-16-7-6-15-27(24)28)17-18-36-25-12-2-1-3-13-25/h1-16,19-20H,17-18,21H2/b29-19-. The third-order valence-corrected chi connectivity index (χ3v) is 7.44. The first kappa shape index (κ1) is 23.1. The summed E-state index contributed by atoms with van der Waals surface area (Å²) in [5, 5.41) is 2.92. The van der Waals surface area contributed by atoms with E-state index in [0.29, 0.717) is 18.1 Å². The third-order valence-electron chi connectivity index (χ3n) is 6.53. The highest BCUT2D eigenvalue weighted by atomic mass is 32.2. The van der Waals surface area contributed by atoms with Crippen LogP contribution in [-0.4, -0.2) is 27.2 Å². The van der Waals surface area contributed by atoms with Crippen LogP contribution in [0.25, 0.3) is 27.8 Å². The normalized spacial score (nSPS) is 14.8. The molecule has 6 rings (SSSR count). The van der Waals surface area contributed by atoms with Crippen LogP contribution in [0, 0.1) is 0 Å². The van der Waals surface area contributed by atoms with Gasteiger partial charge in [-0.1, -0.05) is 78.9 Å². The van der Waals surface area contributed by atoms with Gasteiger partial charge in [0.25, 0.3) is 11.1 Å². The molecule has 1 fully saturated rings. The lowest BCUT2D eigenvalue weighted by Gasteiger charge is -2.14. The summed E-state index contributed by atoms with van der Waals surface area (Å²) in [4.78, 5) is 28.0. The van der Waals surface area contributed by atoms with Crippen LogP contribution in [-0.2, 0) is 17.9 Å². The highest BCUT2D eigenvalue weighted by molar-refractivity contribution is 8.18. The number of hydrogen-bond acceptors (Lipinski definition) is 4. The Bertz CT molecular complexity index is 1650. The largest absolute Gasteiger partial charge is 0.492 e. The van der Waals surface area contributed by atoms with Crippen LogP contribution in [0.1, 0.15) is 11.1 Å². The van der Waals surface area contributed by atoms with Gasteiger partial charge in [0, 0.05) is 22.7 Å². The summed E-state index contributed by atoms with van der Waals surface area (Å²) in [6, 6.07) is 31.8. The molecule has 0 radical (unpaired) electrons. The lowest BCUT2D eigenvalue weighted by Crippen LogP contribution is -2.27. The van der Waals surface area contributed by atoms with E-state index in [0.717, 1.165) is 50.3 Å². The molecule has 0 N–H and O–H groups in total. The Morgan fingerprint density at radius 1 is 0.784 bits per heavy atom. The quantitative estimate of drug-likeness (QED) is 0.222. The van der Waals surface area contributed by atoms with Crippen LogP contribution < -0.4 is 4.74 Å². The average Bonchev–Trinajstić information content (AvgIpc) is 3.41. The van der Waals surface area contributed by atoms with Gasteiger partial charge >= 0.3 is 0 Å². The van der Waals surface area contributed by atoms with Gasteiger partial charge in [-0.25, -0.2) is 0 Å². The van der Waals surface area contributed by atoms with Crippen LogP contribution in [0.3, 0.4) is 0 Å². The van der Waals surface area contributed by atoms with Crippen molar-refractivity contribution in [2.75, 3.05) is 6.61 Å². The molecule has 2 heterocycles. The van der Waals surface area contributed by atoms with Crippen molar-refractivity contribution in [3.05, 3.63) is 119 Å². The van der Waals surface area contributed by atoms with E-state index < -0.39 is 0 Å². The minimum absolute atomic E-state index is 0.246. The molecule has 0 bridgehead atoms. The molecular weight excluding hydrogens is 480 g/mol. The fraction of sp³-hybridized carbons (Fsp3) is 0.0968. The summed E-state index contributed by atoms with van der Waals surface area (Å²) >= 11 is 0.999. The summed E-state index contributed by atoms with van der Waals surface area (Å²) < 4.78 is 8.02. The Kier molecular flexibility index (Phi) is 6.25. The van der Waals surface area contributed by atoms with E-state index in [1.165, 1.54) is 4.90 Å². The Balaban J connectivity index is 1.25. The second-order valence-electron chi connectivity index (χ2n) is 8.86. The van der Waals surface area contributed by atoms with Gasteiger partial charge < -0.3 is 9.30 Å². The van der Waals surface area contributed by atoms with Crippen LogP contribution >= 0.6 is 11.8 Å². The molecule has 5 aromatic rings. The number of carbonyl (C=O) groups excluding carboxylic acids is 2. The summed E-state index contributed by atoms with van der Waals surface area (Å²) in [5.74, 6) is 0.575. The van der Waals surface area contributed by atoms with E-state index >= 15 is 0 Å². The number of hydrogen-bond donors (Lipinski definition) is 0. The number of carbonyl (C=O) groups is 2. The van der Waals surface area contributed by atoms with E-state index in [2.05, 4.69) is 10.6 Å². The number of para-hydroxylation sites is 2. The van der Waals surface area contributed by atoms with Crippen molar-refractivity contribution in [2.45, 2.75) is 13.1 Å². The van der Waals surface area contributed by atoms with Crippen LogP contribution in [0.5, 0.6) is 5.75 Å². The maximum Gasteiger partial charge on any atom is 0.293 e. The zero-order valence-electron chi connectivity index (χ0n) is 20.0. The number of aromatic nitrogens is 1. The Morgan fingerprint density at radius 2 is 1.51 bits per heavy atom. The zero-order chi connectivity index (χ0) is 25.2. The van der Waals surface area contributed by atoms with Gasteiger partial charge in [0.15, 0.2) is 0 Å². The highest BCUT2D eigenvalue weighted by Crippen LogP contribution is 2.35. The van der Waals surface area contributed by atoms with E-state index in [9.17, 15) is 9.59 Å². The van der Waals surface area contributed by atoms with E-state index in [4.69, 9.17) is 4.74 Å². The van der Waals surface area contributed by atoms with Crippen molar-refractivity contribution >= 4 is 50.7 Å². The predicted octanol–water partition coefficient (Wildman–Crippen LogP) is 7.11. The molecule has 1 aliphatic heterocycles. The second kappa shape index (κ2) is 9.99. The first-order valence-corrected chi connectivity index (χ1v) is 13.0. The predicted molar refractivity (Wildman–Crippen MR) is 149 cm³/mol. The highest BCUT2D eigenvalue weighted by Gasteiger charge is 2.35. The smallest absolute Gasteiger partial charge is 0.293 e. The van der Waals surface area contributed by atoms with Crippen LogP contribution in [0.4, 0.5) is 4.79 Å². The number of thioether (sulfide) groups is 1. The number of benzene rings is 4. The van der Waals surface area contributed by atoms with Gasteiger partial charge in [0.05, 0.1) is 18.0 Å². The van der Waals surface area contributed by atoms with E-state index in [-0.39, 0.29) is 17.7 Å². The SMILES string of the molecule is O=C1S/C(=C\c2cn(CCOc3ccccc3)c3ccccc23)C(=O)N1Cc1cccc2ccccc12. The summed E-state index contributed by atoms with van der Waals surface area (Å²) in [6.07, 6.45) is 3.86. The molecule has 0 aliphatic carbocycles. The zero-order valence-corrected chi connectivity index (χ0v) is 20.9. The minimum Gasteiger partial charge on any atom is -0.492 e.